The van der Waals surface area contributed by atoms with E-state index < -0.39 is 0 Å². The molecular formula is C20H17N3S. The Bertz CT molecular complexity index is 827. The molecule has 3 aromatic rings. The summed E-state index contributed by atoms with van der Waals surface area (Å²) < 4.78 is 0. The number of pyridine rings is 1. The molecule has 3 rings (SSSR count). The number of thioether (sulfide) groups is 1. The molecule has 118 valence electrons. The molecular weight excluding hydrogens is 314 g/mol. The molecule has 0 amide bonds. The van der Waals surface area contributed by atoms with E-state index in [0.29, 0.717) is 12.1 Å². The second-order valence-electron chi connectivity index (χ2n) is 5.27. The van der Waals surface area contributed by atoms with Gasteiger partial charge < -0.3 is 5.32 Å². The summed E-state index contributed by atoms with van der Waals surface area (Å²) >= 11 is 1.59. The number of nitrogens with zero attached hydrogens (tertiary/aromatic N) is 2. The van der Waals surface area contributed by atoms with E-state index in [2.05, 4.69) is 40.6 Å². The van der Waals surface area contributed by atoms with Gasteiger partial charge in [-0.15, -0.1) is 11.8 Å². The minimum atomic E-state index is 0.612. The number of rotatable bonds is 6. The first-order valence-electron chi connectivity index (χ1n) is 7.71. The second-order valence-corrected chi connectivity index (χ2v) is 6.24. The number of benzene rings is 2. The number of hydrogen-bond donors (Lipinski definition) is 1. The van der Waals surface area contributed by atoms with Crippen molar-refractivity contribution >= 4 is 17.6 Å². The van der Waals surface area contributed by atoms with Gasteiger partial charge in [0.1, 0.15) is 16.9 Å². The van der Waals surface area contributed by atoms with E-state index in [0.717, 1.165) is 16.6 Å². The molecule has 0 saturated carbocycles. The van der Waals surface area contributed by atoms with Gasteiger partial charge in [0.25, 0.3) is 0 Å². The van der Waals surface area contributed by atoms with E-state index >= 15 is 0 Å². The SMILES string of the molecule is N#Cc1ccc(NCc2ccccc2)nc1SCc1ccccc1. The molecule has 0 unspecified atom stereocenters. The Morgan fingerprint density at radius 2 is 1.54 bits per heavy atom. The number of aromatic nitrogens is 1. The smallest absolute Gasteiger partial charge is 0.127 e. The Morgan fingerprint density at radius 1 is 0.875 bits per heavy atom. The van der Waals surface area contributed by atoms with Gasteiger partial charge in [-0.25, -0.2) is 4.98 Å². The highest BCUT2D eigenvalue weighted by molar-refractivity contribution is 7.98. The Kier molecular flexibility index (Phi) is 5.49. The normalized spacial score (nSPS) is 10.1. The molecule has 0 bridgehead atoms. The molecule has 0 aliphatic carbocycles. The van der Waals surface area contributed by atoms with Gasteiger partial charge >= 0.3 is 0 Å². The van der Waals surface area contributed by atoms with Gasteiger partial charge in [-0.1, -0.05) is 60.7 Å². The van der Waals surface area contributed by atoms with Gasteiger partial charge in [0, 0.05) is 12.3 Å². The fraction of sp³-hybridized carbons (Fsp3) is 0.100. The van der Waals surface area contributed by atoms with Gasteiger partial charge in [-0.2, -0.15) is 5.26 Å². The third kappa shape index (κ3) is 4.37. The summed E-state index contributed by atoms with van der Waals surface area (Å²) in [6.07, 6.45) is 0. The van der Waals surface area contributed by atoms with E-state index in [1.807, 2.05) is 48.5 Å². The van der Waals surface area contributed by atoms with Gasteiger partial charge in [0.15, 0.2) is 0 Å². The predicted molar refractivity (Wildman–Crippen MR) is 98.7 cm³/mol. The van der Waals surface area contributed by atoms with Crippen LogP contribution in [0.1, 0.15) is 16.7 Å². The van der Waals surface area contributed by atoms with Gasteiger partial charge in [0.2, 0.25) is 0 Å². The Morgan fingerprint density at radius 3 is 2.21 bits per heavy atom. The summed E-state index contributed by atoms with van der Waals surface area (Å²) in [5.74, 6) is 1.58. The summed E-state index contributed by atoms with van der Waals surface area (Å²) in [7, 11) is 0. The Labute approximate surface area is 146 Å². The molecule has 0 aliphatic heterocycles. The van der Waals surface area contributed by atoms with Crippen LogP contribution in [0.15, 0.2) is 77.8 Å². The summed E-state index contributed by atoms with van der Waals surface area (Å²) in [4.78, 5) is 4.60. The topological polar surface area (TPSA) is 48.7 Å². The lowest BCUT2D eigenvalue weighted by Gasteiger charge is -2.09. The van der Waals surface area contributed by atoms with Crippen molar-refractivity contribution in [1.82, 2.24) is 4.98 Å². The summed E-state index contributed by atoms with van der Waals surface area (Å²) in [5, 5.41) is 13.4. The highest BCUT2D eigenvalue weighted by atomic mass is 32.2. The Hall–Kier alpha value is -2.77. The van der Waals surface area contributed by atoms with E-state index in [9.17, 15) is 5.26 Å². The van der Waals surface area contributed by atoms with Crippen LogP contribution in [0.25, 0.3) is 0 Å². The highest BCUT2D eigenvalue weighted by Crippen LogP contribution is 2.25. The zero-order chi connectivity index (χ0) is 16.6. The van der Waals surface area contributed by atoms with Crippen LogP contribution in [-0.2, 0) is 12.3 Å². The number of nitriles is 1. The summed E-state index contributed by atoms with van der Waals surface area (Å²) in [6.45, 7) is 0.711. The number of hydrogen-bond acceptors (Lipinski definition) is 4. The van der Waals surface area contributed by atoms with Crippen molar-refractivity contribution in [3.63, 3.8) is 0 Å². The van der Waals surface area contributed by atoms with Crippen LogP contribution in [0.5, 0.6) is 0 Å². The average Bonchev–Trinajstić information content (AvgIpc) is 2.66. The van der Waals surface area contributed by atoms with Gasteiger partial charge in [-0.3, -0.25) is 0 Å². The fourth-order valence-corrected chi connectivity index (χ4v) is 3.18. The van der Waals surface area contributed by atoms with Crippen molar-refractivity contribution in [2.45, 2.75) is 17.3 Å². The molecule has 0 fully saturated rings. The second kappa shape index (κ2) is 8.19. The lowest BCUT2D eigenvalue weighted by molar-refractivity contribution is 1.05. The van der Waals surface area contributed by atoms with E-state index in [4.69, 9.17) is 0 Å². The lowest BCUT2D eigenvalue weighted by Crippen LogP contribution is -2.02. The van der Waals surface area contributed by atoms with E-state index in [1.54, 1.807) is 11.8 Å². The molecule has 1 aromatic heterocycles. The molecule has 4 heteroatoms. The molecule has 0 aliphatic rings. The predicted octanol–water partition coefficient (Wildman–Crippen LogP) is 4.86. The monoisotopic (exact) mass is 331 g/mol. The molecule has 0 radical (unpaired) electrons. The summed E-state index contributed by atoms with van der Waals surface area (Å²) in [5.41, 5.74) is 3.03. The van der Waals surface area contributed by atoms with Crippen LogP contribution < -0.4 is 5.32 Å². The maximum Gasteiger partial charge on any atom is 0.127 e. The minimum Gasteiger partial charge on any atom is -0.366 e. The zero-order valence-corrected chi connectivity index (χ0v) is 14.0. The molecule has 3 nitrogen and oxygen atoms in total. The fourth-order valence-electron chi connectivity index (χ4n) is 2.25. The van der Waals surface area contributed by atoms with Crippen LogP contribution in [-0.4, -0.2) is 4.98 Å². The van der Waals surface area contributed by atoms with Crippen molar-refractivity contribution in [2.75, 3.05) is 5.32 Å². The molecule has 1 N–H and O–H groups in total. The number of anilines is 1. The average molecular weight is 331 g/mol. The van der Waals surface area contributed by atoms with Crippen molar-refractivity contribution < 1.29 is 0 Å². The van der Waals surface area contributed by atoms with Gasteiger partial charge in [-0.05, 0) is 23.3 Å². The third-order valence-electron chi connectivity index (χ3n) is 3.52. The van der Waals surface area contributed by atoms with Crippen LogP contribution in [0.3, 0.4) is 0 Å². The van der Waals surface area contributed by atoms with Crippen molar-refractivity contribution in [3.8, 4) is 6.07 Å². The standard InChI is InChI=1S/C20H17N3S/c21-13-18-11-12-19(22-14-16-7-3-1-4-8-16)23-20(18)24-15-17-9-5-2-6-10-17/h1-12H,14-15H2,(H,22,23). The van der Waals surface area contributed by atoms with Gasteiger partial charge in [0.05, 0.1) is 5.56 Å². The first-order valence-corrected chi connectivity index (χ1v) is 8.69. The maximum atomic E-state index is 9.29. The van der Waals surface area contributed by atoms with Crippen LogP contribution in [0.4, 0.5) is 5.82 Å². The highest BCUT2D eigenvalue weighted by Gasteiger charge is 2.07. The molecule has 24 heavy (non-hydrogen) atoms. The maximum absolute atomic E-state index is 9.29. The zero-order valence-electron chi connectivity index (χ0n) is 13.1. The summed E-state index contributed by atoms with van der Waals surface area (Å²) in [6, 6.07) is 26.3. The molecule has 2 aromatic carbocycles. The number of nitrogens with one attached hydrogen (secondary N) is 1. The minimum absolute atomic E-state index is 0.612. The van der Waals surface area contributed by atoms with E-state index in [-0.39, 0.29) is 0 Å². The third-order valence-corrected chi connectivity index (χ3v) is 4.58. The van der Waals surface area contributed by atoms with Crippen molar-refractivity contribution in [1.29, 1.82) is 5.26 Å². The van der Waals surface area contributed by atoms with Crippen molar-refractivity contribution in [3.05, 3.63) is 89.5 Å². The van der Waals surface area contributed by atoms with Crippen LogP contribution in [0, 0.1) is 11.3 Å². The first-order chi connectivity index (χ1) is 11.8. The van der Waals surface area contributed by atoms with E-state index in [1.165, 1.54) is 11.1 Å². The largest absolute Gasteiger partial charge is 0.366 e. The lowest BCUT2D eigenvalue weighted by atomic mass is 10.2. The molecule has 0 saturated heterocycles. The molecule has 0 atom stereocenters. The molecule has 0 spiro atoms. The Balaban J connectivity index is 1.69. The van der Waals surface area contributed by atoms with Crippen molar-refractivity contribution in [2.24, 2.45) is 0 Å². The molecule has 1 heterocycles. The quantitative estimate of drug-likeness (QED) is 0.655. The first kappa shape index (κ1) is 16.1. The van der Waals surface area contributed by atoms with Crippen LogP contribution >= 0.6 is 11.8 Å². The van der Waals surface area contributed by atoms with Crippen LogP contribution in [0.2, 0.25) is 0 Å².